The van der Waals surface area contributed by atoms with Crippen molar-refractivity contribution in [1.29, 1.82) is 0 Å². The van der Waals surface area contributed by atoms with Crippen molar-refractivity contribution in [3.63, 3.8) is 0 Å². The fourth-order valence-corrected chi connectivity index (χ4v) is 3.03. The van der Waals surface area contributed by atoms with E-state index in [0.29, 0.717) is 6.54 Å². The predicted octanol–water partition coefficient (Wildman–Crippen LogP) is 3.48. The number of hydrogen-bond acceptors (Lipinski definition) is 4. The summed E-state index contributed by atoms with van der Waals surface area (Å²) in [5.74, 6) is 0.753. The molecule has 2 aromatic heterocycles. The largest absolute Gasteiger partial charge is 0.467 e. The molecule has 2 rings (SSSR count). The Labute approximate surface area is 129 Å². The van der Waals surface area contributed by atoms with E-state index in [1.54, 1.807) is 17.6 Å². The van der Waals surface area contributed by atoms with E-state index in [1.807, 2.05) is 25.1 Å². The second-order valence-corrected chi connectivity index (χ2v) is 6.02. The third-order valence-corrected chi connectivity index (χ3v) is 4.31. The Morgan fingerprint density at radius 2 is 2.24 bits per heavy atom. The number of furan rings is 1. The zero-order valence-corrected chi connectivity index (χ0v) is 13.3. The molecule has 0 aliphatic heterocycles. The Bertz CT molecular complexity index is 522. The maximum absolute atomic E-state index is 12.1. The number of nitrogens with one attached hydrogen (secondary N) is 2. The minimum absolute atomic E-state index is 0.0101. The SMILES string of the molecule is CCCC(NC(C)C(=O)NCc1ccco1)c1cccs1. The molecule has 114 valence electrons. The Kier molecular flexibility index (Phi) is 6.02. The summed E-state index contributed by atoms with van der Waals surface area (Å²) in [6, 6.07) is 7.83. The molecule has 2 atom stereocenters. The lowest BCUT2D eigenvalue weighted by atomic mass is 10.1. The summed E-state index contributed by atoms with van der Waals surface area (Å²) >= 11 is 1.73. The molecule has 0 saturated heterocycles. The fraction of sp³-hybridized carbons (Fsp3) is 0.438. The molecule has 4 nitrogen and oxygen atoms in total. The van der Waals surface area contributed by atoms with E-state index in [9.17, 15) is 4.79 Å². The highest BCUT2D eigenvalue weighted by Gasteiger charge is 2.19. The van der Waals surface area contributed by atoms with Crippen LogP contribution in [0.1, 0.15) is 43.4 Å². The van der Waals surface area contributed by atoms with Gasteiger partial charge in [0, 0.05) is 10.9 Å². The molecule has 0 spiro atoms. The zero-order valence-electron chi connectivity index (χ0n) is 12.5. The maximum atomic E-state index is 12.1. The first-order valence-corrected chi connectivity index (χ1v) is 8.18. The van der Waals surface area contributed by atoms with E-state index in [0.717, 1.165) is 18.6 Å². The summed E-state index contributed by atoms with van der Waals surface area (Å²) < 4.78 is 5.21. The van der Waals surface area contributed by atoms with E-state index in [4.69, 9.17) is 4.42 Å². The molecular weight excluding hydrogens is 284 g/mol. The van der Waals surface area contributed by atoms with Crippen molar-refractivity contribution in [3.05, 3.63) is 46.5 Å². The van der Waals surface area contributed by atoms with Gasteiger partial charge in [-0.15, -0.1) is 11.3 Å². The summed E-state index contributed by atoms with van der Waals surface area (Å²) in [5, 5.41) is 8.37. The minimum Gasteiger partial charge on any atom is -0.467 e. The van der Waals surface area contributed by atoms with Crippen LogP contribution >= 0.6 is 11.3 Å². The van der Waals surface area contributed by atoms with Gasteiger partial charge in [0.15, 0.2) is 0 Å². The van der Waals surface area contributed by atoms with Crippen molar-refractivity contribution in [3.8, 4) is 0 Å². The van der Waals surface area contributed by atoms with Crippen LogP contribution in [0.2, 0.25) is 0 Å². The minimum atomic E-state index is -0.237. The molecule has 5 heteroatoms. The number of hydrogen-bond donors (Lipinski definition) is 2. The molecule has 0 radical (unpaired) electrons. The first-order valence-electron chi connectivity index (χ1n) is 7.30. The maximum Gasteiger partial charge on any atom is 0.237 e. The molecule has 0 bridgehead atoms. The van der Waals surface area contributed by atoms with Gasteiger partial charge in [-0.05, 0) is 36.9 Å². The van der Waals surface area contributed by atoms with E-state index in [-0.39, 0.29) is 18.0 Å². The van der Waals surface area contributed by atoms with Crippen molar-refractivity contribution >= 4 is 17.2 Å². The molecule has 0 fully saturated rings. The molecule has 2 N–H and O–H groups in total. The topological polar surface area (TPSA) is 54.3 Å². The Balaban J connectivity index is 1.86. The number of amides is 1. The normalized spacial score (nSPS) is 13.8. The van der Waals surface area contributed by atoms with Crippen LogP contribution in [-0.2, 0) is 11.3 Å². The van der Waals surface area contributed by atoms with E-state index in [1.165, 1.54) is 4.88 Å². The first-order chi connectivity index (χ1) is 10.2. The van der Waals surface area contributed by atoms with Crippen LogP contribution < -0.4 is 10.6 Å². The quantitative estimate of drug-likeness (QED) is 0.785. The third kappa shape index (κ3) is 4.72. The third-order valence-electron chi connectivity index (χ3n) is 3.33. The highest BCUT2D eigenvalue weighted by Crippen LogP contribution is 2.23. The average molecular weight is 306 g/mol. The number of carbonyl (C=O) groups is 1. The standard InChI is InChI=1S/C16H22N2O2S/c1-3-6-14(15-8-5-10-21-15)18-12(2)16(19)17-11-13-7-4-9-20-13/h4-5,7-10,12,14,18H,3,6,11H2,1-2H3,(H,17,19). The van der Waals surface area contributed by atoms with Crippen LogP contribution in [0.25, 0.3) is 0 Å². The summed E-state index contributed by atoms with van der Waals surface area (Å²) in [7, 11) is 0. The summed E-state index contributed by atoms with van der Waals surface area (Å²) in [5.41, 5.74) is 0. The van der Waals surface area contributed by atoms with Gasteiger partial charge >= 0.3 is 0 Å². The summed E-state index contributed by atoms with van der Waals surface area (Å²) in [6.45, 7) is 4.48. The van der Waals surface area contributed by atoms with Gasteiger partial charge in [0.05, 0.1) is 18.8 Å². The smallest absolute Gasteiger partial charge is 0.237 e. The fourth-order valence-electron chi connectivity index (χ4n) is 2.20. The van der Waals surface area contributed by atoms with Crippen molar-refractivity contribution < 1.29 is 9.21 Å². The molecule has 0 aliphatic carbocycles. The molecule has 0 aromatic carbocycles. The van der Waals surface area contributed by atoms with Crippen LogP contribution in [0.4, 0.5) is 0 Å². The van der Waals surface area contributed by atoms with Crippen LogP contribution in [0.15, 0.2) is 40.3 Å². The first kappa shape index (κ1) is 15.8. The molecule has 2 aromatic rings. The number of thiophene rings is 1. The van der Waals surface area contributed by atoms with Gasteiger partial charge in [-0.25, -0.2) is 0 Å². The van der Waals surface area contributed by atoms with Crippen molar-refractivity contribution in [2.45, 2.75) is 45.3 Å². The number of carbonyl (C=O) groups excluding carboxylic acids is 1. The molecule has 2 heterocycles. The van der Waals surface area contributed by atoms with Gasteiger partial charge in [0.2, 0.25) is 5.91 Å². The van der Waals surface area contributed by atoms with Crippen LogP contribution in [0, 0.1) is 0 Å². The Morgan fingerprint density at radius 3 is 2.86 bits per heavy atom. The van der Waals surface area contributed by atoms with Gasteiger partial charge in [-0.3, -0.25) is 10.1 Å². The molecule has 0 aliphatic rings. The Hall–Kier alpha value is -1.59. The number of rotatable bonds is 8. The van der Waals surface area contributed by atoms with Crippen LogP contribution in [0.5, 0.6) is 0 Å². The monoisotopic (exact) mass is 306 g/mol. The highest BCUT2D eigenvalue weighted by atomic mass is 32.1. The lowest BCUT2D eigenvalue weighted by Crippen LogP contribution is -2.43. The molecule has 21 heavy (non-hydrogen) atoms. The van der Waals surface area contributed by atoms with Gasteiger partial charge in [0.25, 0.3) is 0 Å². The highest BCUT2D eigenvalue weighted by molar-refractivity contribution is 7.10. The average Bonchev–Trinajstić information content (AvgIpc) is 3.17. The lowest BCUT2D eigenvalue weighted by Gasteiger charge is -2.21. The molecule has 1 amide bonds. The van der Waals surface area contributed by atoms with E-state index >= 15 is 0 Å². The zero-order chi connectivity index (χ0) is 15.1. The Morgan fingerprint density at radius 1 is 1.38 bits per heavy atom. The van der Waals surface area contributed by atoms with Crippen molar-refractivity contribution in [2.75, 3.05) is 0 Å². The molecule has 0 saturated carbocycles. The lowest BCUT2D eigenvalue weighted by molar-refractivity contribution is -0.123. The van der Waals surface area contributed by atoms with Crippen molar-refractivity contribution in [1.82, 2.24) is 10.6 Å². The molecule has 2 unspecified atom stereocenters. The van der Waals surface area contributed by atoms with Gasteiger partial charge in [0.1, 0.15) is 5.76 Å². The second-order valence-electron chi connectivity index (χ2n) is 5.04. The summed E-state index contributed by atoms with van der Waals surface area (Å²) in [6.07, 6.45) is 3.71. The second kappa shape index (κ2) is 8.00. The molecular formula is C16H22N2O2S. The van der Waals surface area contributed by atoms with E-state index in [2.05, 4.69) is 29.0 Å². The van der Waals surface area contributed by atoms with Crippen molar-refractivity contribution in [2.24, 2.45) is 0 Å². The van der Waals surface area contributed by atoms with Gasteiger partial charge in [-0.2, -0.15) is 0 Å². The predicted molar refractivity (Wildman–Crippen MR) is 85.1 cm³/mol. The van der Waals surface area contributed by atoms with Crippen LogP contribution in [-0.4, -0.2) is 11.9 Å². The summed E-state index contributed by atoms with van der Waals surface area (Å²) in [4.78, 5) is 13.4. The van der Waals surface area contributed by atoms with Crippen LogP contribution in [0.3, 0.4) is 0 Å². The van der Waals surface area contributed by atoms with E-state index < -0.39 is 0 Å². The van der Waals surface area contributed by atoms with Gasteiger partial charge in [-0.1, -0.05) is 19.4 Å². The van der Waals surface area contributed by atoms with Gasteiger partial charge < -0.3 is 9.73 Å².